The summed E-state index contributed by atoms with van der Waals surface area (Å²) in [5.41, 5.74) is -7.06. The van der Waals surface area contributed by atoms with Crippen LogP contribution in [0.15, 0.2) is 47.4 Å². The van der Waals surface area contributed by atoms with Crippen LogP contribution < -0.4 is 5.32 Å². The highest BCUT2D eigenvalue weighted by Gasteiger charge is 2.71. The van der Waals surface area contributed by atoms with E-state index in [1.54, 1.807) is 20.8 Å². The largest absolute Gasteiger partial charge is 0.444 e. The van der Waals surface area contributed by atoms with Gasteiger partial charge >= 0.3 is 18.4 Å². The SMILES string of the molecule is CC(C)(C)OC(=O)N1CCc2cc(S(=O)(=O)CC3CC3)ccc2C1C(=O)Nc1ccc(C(O)(C(F)(F)F)C(F)(F)F)cc1. The van der Waals surface area contributed by atoms with Crippen molar-refractivity contribution in [3.05, 3.63) is 59.2 Å². The first kappa shape index (κ1) is 32.6. The van der Waals surface area contributed by atoms with Crippen LogP contribution in [0.3, 0.4) is 0 Å². The summed E-state index contributed by atoms with van der Waals surface area (Å²) in [6.45, 7) is 4.79. The maximum Gasteiger partial charge on any atom is 0.430 e. The molecule has 1 fully saturated rings. The van der Waals surface area contributed by atoms with Crippen molar-refractivity contribution in [2.75, 3.05) is 17.6 Å². The second-order valence-corrected chi connectivity index (χ2v) is 13.7. The lowest BCUT2D eigenvalue weighted by molar-refractivity contribution is -0.376. The zero-order chi connectivity index (χ0) is 32.2. The fraction of sp³-hybridized carbons (Fsp3) is 0.500. The summed E-state index contributed by atoms with van der Waals surface area (Å²) in [5.74, 6) is -0.792. The average Bonchev–Trinajstić information content (AvgIpc) is 3.68. The van der Waals surface area contributed by atoms with E-state index < -0.39 is 57.0 Å². The summed E-state index contributed by atoms with van der Waals surface area (Å²) < 4.78 is 111. The number of carbonyl (C=O) groups excluding carboxylic acids is 2. The van der Waals surface area contributed by atoms with E-state index in [0.717, 1.165) is 29.9 Å². The quantitative estimate of drug-likeness (QED) is 0.396. The van der Waals surface area contributed by atoms with Crippen molar-refractivity contribution in [3.8, 4) is 0 Å². The van der Waals surface area contributed by atoms with E-state index in [9.17, 15) is 49.5 Å². The maximum absolute atomic E-state index is 13.6. The molecule has 2 aromatic rings. The van der Waals surface area contributed by atoms with Gasteiger partial charge in [0.2, 0.25) is 0 Å². The van der Waals surface area contributed by atoms with E-state index >= 15 is 0 Å². The number of ether oxygens (including phenoxy) is 1. The van der Waals surface area contributed by atoms with Crippen molar-refractivity contribution >= 4 is 27.5 Å². The van der Waals surface area contributed by atoms with Crippen LogP contribution in [0.4, 0.5) is 36.8 Å². The van der Waals surface area contributed by atoms with Gasteiger partial charge in [0.1, 0.15) is 11.6 Å². The van der Waals surface area contributed by atoms with Crippen LogP contribution in [0, 0.1) is 5.92 Å². The summed E-state index contributed by atoms with van der Waals surface area (Å²) in [6, 6.07) is 5.09. The van der Waals surface area contributed by atoms with Crippen LogP contribution in [0.1, 0.15) is 56.3 Å². The van der Waals surface area contributed by atoms with Gasteiger partial charge in [0, 0.05) is 17.8 Å². The van der Waals surface area contributed by atoms with Gasteiger partial charge in [-0.3, -0.25) is 9.69 Å². The van der Waals surface area contributed by atoms with E-state index in [0.29, 0.717) is 17.7 Å². The highest BCUT2D eigenvalue weighted by atomic mass is 32.2. The predicted molar refractivity (Wildman–Crippen MR) is 142 cm³/mol. The third-order valence-corrected chi connectivity index (χ3v) is 9.00. The van der Waals surface area contributed by atoms with Gasteiger partial charge in [0.25, 0.3) is 11.5 Å². The van der Waals surface area contributed by atoms with Crippen LogP contribution in [0.2, 0.25) is 0 Å². The molecule has 236 valence electrons. The molecule has 8 nitrogen and oxygen atoms in total. The van der Waals surface area contributed by atoms with Gasteiger partial charge in [-0.25, -0.2) is 13.2 Å². The highest BCUT2D eigenvalue weighted by molar-refractivity contribution is 7.91. The minimum absolute atomic E-state index is 0.00642. The molecule has 2 amide bonds. The predicted octanol–water partition coefficient (Wildman–Crippen LogP) is 5.66. The lowest BCUT2D eigenvalue weighted by Crippen LogP contribution is -2.53. The number of nitrogens with one attached hydrogen (secondary N) is 1. The number of anilines is 1. The molecule has 4 rings (SSSR count). The van der Waals surface area contributed by atoms with Gasteiger partial charge < -0.3 is 15.2 Å². The number of nitrogens with zero attached hydrogens (tertiary/aromatic N) is 1. The van der Waals surface area contributed by atoms with Crippen molar-refractivity contribution in [2.24, 2.45) is 5.92 Å². The molecule has 1 saturated carbocycles. The van der Waals surface area contributed by atoms with Crippen molar-refractivity contribution < 1.29 is 54.2 Å². The van der Waals surface area contributed by atoms with Gasteiger partial charge in [0.05, 0.1) is 10.6 Å². The zero-order valence-electron chi connectivity index (χ0n) is 23.3. The Morgan fingerprint density at radius 3 is 2.07 bits per heavy atom. The van der Waals surface area contributed by atoms with Crippen LogP contribution in [0.5, 0.6) is 0 Å². The normalized spacial score (nSPS) is 18.2. The Bertz CT molecular complexity index is 1480. The number of hydrogen-bond donors (Lipinski definition) is 2. The molecule has 1 heterocycles. The number of fused-ring (bicyclic) bond motifs is 1. The Morgan fingerprint density at radius 2 is 1.56 bits per heavy atom. The standard InChI is InChI=1S/C28H30F6N2O6S/c1-25(2,3)42-24(38)36-13-12-17-14-20(43(40,41)15-16-4-5-16)10-11-21(17)22(36)23(37)35-19-8-6-18(7-9-19)26(39,27(29,30)31)28(32,33)34/h6-11,14,16,22,39H,4-5,12-13,15H2,1-3H3,(H,35,37). The summed E-state index contributed by atoms with van der Waals surface area (Å²) in [6.07, 6.45) is -11.2. The maximum atomic E-state index is 13.6. The molecular weight excluding hydrogens is 606 g/mol. The lowest BCUT2D eigenvalue weighted by atomic mass is 9.91. The van der Waals surface area contributed by atoms with Gasteiger partial charge in [-0.05, 0) is 81.3 Å². The molecule has 1 unspecified atom stereocenters. The summed E-state index contributed by atoms with van der Waals surface area (Å²) in [7, 11) is -3.59. The molecule has 2 aliphatic rings. The fourth-order valence-electron chi connectivity index (χ4n) is 4.78. The van der Waals surface area contributed by atoms with Gasteiger partial charge in [-0.1, -0.05) is 18.2 Å². The van der Waals surface area contributed by atoms with Crippen LogP contribution in [-0.4, -0.2) is 60.7 Å². The first-order chi connectivity index (χ1) is 19.6. The molecule has 0 saturated heterocycles. The van der Waals surface area contributed by atoms with Gasteiger partial charge in [0.15, 0.2) is 9.84 Å². The average molecular weight is 637 g/mol. The molecular formula is C28H30F6N2O6S. The first-order valence-electron chi connectivity index (χ1n) is 13.3. The molecule has 2 aromatic carbocycles. The number of sulfone groups is 1. The second kappa shape index (κ2) is 11.0. The van der Waals surface area contributed by atoms with Gasteiger partial charge in [-0.2, -0.15) is 26.3 Å². The van der Waals surface area contributed by atoms with E-state index in [-0.39, 0.29) is 40.8 Å². The highest BCUT2D eigenvalue weighted by Crippen LogP contribution is 2.50. The topological polar surface area (TPSA) is 113 Å². The van der Waals surface area contributed by atoms with E-state index in [1.807, 2.05) is 0 Å². The molecule has 2 N–H and O–H groups in total. The molecule has 43 heavy (non-hydrogen) atoms. The Morgan fingerprint density at radius 1 is 0.977 bits per heavy atom. The molecule has 1 aliphatic heterocycles. The van der Waals surface area contributed by atoms with Crippen LogP contribution in [-0.2, 0) is 31.4 Å². The van der Waals surface area contributed by atoms with Crippen LogP contribution in [0.25, 0.3) is 0 Å². The number of benzene rings is 2. The molecule has 1 atom stereocenters. The lowest BCUT2D eigenvalue weighted by Gasteiger charge is -2.37. The summed E-state index contributed by atoms with van der Waals surface area (Å²) in [5, 5.41) is 12.0. The monoisotopic (exact) mass is 636 g/mol. The molecule has 0 radical (unpaired) electrons. The molecule has 15 heteroatoms. The molecule has 0 spiro atoms. The van der Waals surface area contributed by atoms with Crippen molar-refractivity contribution in [2.45, 2.75) is 74.5 Å². The fourth-order valence-corrected chi connectivity index (χ4v) is 6.52. The van der Waals surface area contributed by atoms with E-state index in [1.165, 1.54) is 18.2 Å². The number of hydrogen-bond acceptors (Lipinski definition) is 6. The Hall–Kier alpha value is -3.33. The number of halogens is 6. The minimum Gasteiger partial charge on any atom is -0.444 e. The number of rotatable bonds is 6. The van der Waals surface area contributed by atoms with Crippen LogP contribution >= 0.6 is 0 Å². The molecule has 1 aliphatic carbocycles. The number of carbonyl (C=O) groups is 2. The van der Waals surface area contributed by atoms with E-state index in [4.69, 9.17) is 4.74 Å². The molecule has 0 aromatic heterocycles. The zero-order valence-corrected chi connectivity index (χ0v) is 24.2. The first-order valence-corrected chi connectivity index (χ1v) is 14.9. The molecule has 0 bridgehead atoms. The number of aliphatic hydroxyl groups is 1. The Labute approximate surface area is 243 Å². The Kier molecular flexibility index (Phi) is 8.33. The summed E-state index contributed by atoms with van der Waals surface area (Å²) >= 11 is 0. The third-order valence-electron chi connectivity index (χ3n) is 7.12. The third kappa shape index (κ3) is 6.77. The van der Waals surface area contributed by atoms with Crippen molar-refractivity contribution in [1.29, 1.82) is 0 Å². The minimum atomic E-state index is -6.08. The Balaban J connectivity index is 1.67. The van der Waals surface area contributed by atoms with Gasteiger partial charge in [-0.15, -0.1) is 0 Å². The van der Waals surface area contributed by atoms with E-state index in [2.05, 4.69) is 5.32 Å². The number of alkyl halides is 6. The van der Waals surface area contributed by atoms with Crippen molar-refractivity contribution in [3.63, 3.8) is 0 Å². The van der Waals surface area contributed by atoms with Crippen molar-refractivity contribution in [1.82, 2.24) is 4.90 Å². The second-order valence-electron chi connectivity index (χ2n) is 11.7. The summed E-state index contributed by atoms with van der Waals surface area (Å²) in [4.78, 5) is 27.8. The smallest absolute Gasteiger partial charge is 0.430 e. The number of amides is 2.